The van der Waals surface area contributed by atoms with E-state index in [4.69, 9.17) is 0 Å². The summed E-state index contributed by atoms with van der Waals surface area (Å²) in [6, 6.07) is 9.68. The number of anilines is 2. The summed E-state index contributed by atoms with van der Waals surface area (Å²) in [5.41, 5.74) is 3.60. The van der Waals surface area contributed by atoms with Crippen molar-refractivity contribution in [1.82, 2.24) is 14.8 Å². The third-order valence-corrected chi connectivity index (χ3v) is 6.08. The summed E-state index contributed by atoms with van der Waals surface area (Å²) < 4.78 is 1.82. The zero-order valence-corrected chi connectivity index (χ0v) is 17.1. The fourth-order valence-corrected chi connectivity index (χ4v) is 4.46. The van der Waals surface area contributed by atoms with Gasteiger partial charge in [0.15, 0.2) is 0 Å². The highest BCUT2D eigenvalue weighted by Gasteiger charge is 2.19. The van der Waals surface area contributed by atoms with Crippen LogP contribution < -0.4 is 10.2 Å². The van der Waals surface area contributed by atoms with Crippen LogP contribution in [0.15, 0.2) is 36.5 Å². The van der Waals surface area contributed by atoms with E-state index in [9.17, 15) is 4.79 Å². The van der Waals surface area contributed by atoms with Crippen molar-refractivity contribution in [2.45, 2.75) is 39.5 Å². The van der Waals surface area contributed by atoms with Crippen molar-refractivity contribution in [2.75, 3.05) is 23.3 Å². The van der Waals surface area contributed by atoms with Crippen LogP contribution in [0.1, 0.15) is 47.3 Å². The van der Waals surface area contributed by atoms with Gasteiger partial charge in [-0.15, -0.1) is 10.2 Å². The lowest BCUT2D eigenvalue weighted by molar-refractivity contribution is 0.102. The van der Waals surface area contributed by atoms with Gasteiger partial charge in [-0.1, -0.05) is 41.9 Å². The predicted octanol–water partition coefficient (Wildman–Crippen LogP) is 4.58. The first-order valence-electron chi connectivity index (χ1n) is 9.76. The molecule has 0 radical (unpaired) electrons. The summed E-state index contributed by atoms with van der Waals surface area (Å²) in [4.78, 5) is 15.2. The number of amides is 1. The van der Waals surface area contributed by atoms with E-state index in [1.54, 1.807) is 0 Å². The van der Waals surface area contributed by atoms with Crippen molar-refractivity contribution < 1.29 is 4.79 Å². The van der Waals surface area contributed by atoms with Gasteiger partial charge in [0.2, 0.25) is 10.3 Å². The molecule has 0 spiro atoms. The van der Waals surface area contributed by atoms with Crippen LogP contribution >= 0.6 is 11.3 Å². The quantitative estimate of drug-likeness (QED) is 0.702. The maximum Gasteiger partial charge on any atom is 0.272 e. The highest BCUT2D eigenvalue weighted by Crippen LogP contribution is 2.27. The minimum Gasteiger partial charge on any atom is -0.347 e. The van der Waals surface area contributed by atoms with Gasteiger partial charge >= 0.3 is 0 Å². The Morgan fingerprint density at radius 3 is 2.54 bits per heavy atom. The first kappa shape index (κ1) is 18.7. The Morgan fingerprint density at radius 1 is 1.04 bits per heavy atom. The topological polar surface area (TPSA) is 63.1 Å². The van der Waals surface area contributed by atoms with Crippen LogP contribution in [-0.4, -0.2) is 33.8 Å². The molecule has 1 saturated heterocycles. The Labute approximate surface area is 169 Å². The number of hydrogen-bond donors (Lipinski definition) is 1. The SMILES string of the molecule is Cc1ccc(NC(=O)c2cccn2-c2nnc(N3CCCCCC3)s2)c(C)c1. The van der Waals surface area contributed by atoms with E-state index < -0.39 is 0 Å². The second-order valence-electron chi connectivity index (χ2n) is 7.30. The van der Waals surface area contributed by atoms with E-state index >= 15 is 0 Å². The van der Waals surface area contributed by atoms with Gasteiger partial charge in [-0.05, 0) is 50.5 Å². The number of rotatable bonds is 4. The molecule has 0 atom stereocenters. The highest BCUT2D eigenvalue weighted by atomic mass is 32.1. The molecule has 4 rings (SSSR count). The Hall–Kier alpha value is -2.67. The van der Waals surface area contributed by atoms with Crippen LogP contribution in [0.25, 0.3) is 5.13 Å². The molecule has 3 heterocycles. The third-order valence-electron chi connectivity index (χ3n) is 5.10. The first-order chi connectivity index (χ1) is 13.6. The molecule has 1 fully saturated rings. The van der Waals surface area contributed by atoms with Gasteiger partial charge in [-0.2, -0.15) is 0 Å². The molecule has 0 saturated carbocycles. The summed E-state index contributed by atoms with van der Waals surface area (Å²) >= 11 is 1.54. The summed E-state index contributed by atoms with van der Waals surface area (Å²) in [6.07, 6.45) is 6.82. The number of benzene rings is 1. The summed E-state index contributed by atoms with van der Waals surface area (Å²) in [5, 5.41) is 13.4. The lowest BCUT2D eigenvalue weighted by Gasteiger charge is -2.17. The monoisotopic (exact) mass is 395 g/mol. The summed E-state index contributed by atoms with van der Waals surface area (Å²) in [5.74, 6) is -0.150. The molecule has 7 heteroatoms. The fraction of sp³-hybridized carbons (Fsp3) is 0.381. The lowest BCUT2D eigenvalue weighted by Crippen LogP contribution is -2.23. The largest absolute Gasteiger partial charge is 0.347 e. The average Bonchev–Trinajstić information content (AvgIpc) is 3.27. The fourth-order valence-electron chi connectivity index (χ4n) is 3.57. The number of nitrogens with zero attached hydrogens (tertiary/aromatic N) is 4. The lowest BCUT2D eigenvalue weighted by atomic mass is 10.1. The second kappa shape index (κ2) is 8.14. The van der Waals surface area contributed by atoms with Crippen molar-refractivity contribution >= 4 is 28.1 Å². The van der Waals surface area contributed by atoms with E-state index in [2.05, 4.69) is 26.5 Å². The van der Waals surface area contributed by atoms with Crippen molar-refractivity contribution in [1.29, 1.82) is 0 Å². The zero-order valence-electron chi connectivity index (χ0n) is 16.3. The molecule has 28 heavy (non-hydrogen) atoms. The Bertz CT molecular complexity index is 969. The Kier molecular flexibility index (Phi) is 5.43. The third kappa shape index (κ3) is 3.94. The van der Waals surface area contributed by atoms with Crippen LogP contribution in [0.4, 0.5) is 10.8 Å². The second-order valence-corrected chi connectivity index (χ2v) is 8.24. The van der Waals surface area contributed by atoms with Crippen molar-refractivity contribution in [3.8, 4) is 5.13 Å². The van der Waals surface area contributed by atoms with E-state index in [-0.39, 0.29) is 5.91 Å². The molecule has 146 valence electrons. The van der Waals surface area contributed by atoms with Crippen molar-refractivity contribution in [2.24, 2.45) is 0 Å². The van der Waals surface area contributed by atoms with Gasteiger partial charge in [0.05, 0.1) is 0 Å². The smallest absolute Gasteiger partial charge is 0.272 e. The average molecular weight is 396 g/mol. The molecule has 1 aliphatic rings. The van der Waals surface area contributed by atoms with Crippen LogP contribution in [0.3, 0.4) is 0 Å². The minimum absolute atomic E-state index is 0.150. The molecular formula is C21H25N5OS. The van der Waals surface area contributed by atoms with Gasteiger partial charge in [0, 0.05) is 25.0 Å². The van der Waals surface area contributed by atoms with E-state index in [0.29, 0.717) is 5.69 Å². The molecule has 0 bridgehead atoms. The number of carbonyl (C=O) groups is 1. The number of nitrogens with one attached hydrogen (secondary N) is 1. The maximum atomic E-state index is 12.9. The Balaban J connectivity index is 1.54. The van der Waals surface area contributed by atoms with Gasteiger partial charge in [0.25, 0.3) is 5.91 Å². The van der Waals surface area contributed by atoms with Gasteiger partial charge in [0.1, 0.15) is 5.69 Å². The van der Waals surface area contributed by atoms with Crippen molar-refractivity contribution in [3.05, 3.63) is 53.3 Å². The van der Waals surface area contributed by atoms with Gasteiger partial charge in [-0.3, -0.25) is 9.36 Å². The van der Waals surface area contributed by atoms with E-state index in [1.165, 1.54) is 42.6 Å². The zero-order chi connectivity index (χ0) is 19.5. The van der Waals surface area contributed by atoms with Crippen LogP contribution in [0, 0.1) is 13.8 Å². The summed E-state index contributed by atoms with van der Waals surface area (Å²) in [6.45, 7) is 6.10. The maximum absolute atomic E-state index is 12.9. The molecule has 2 aromatic heterocycles. The normalized spacial score (nSPS) is 14.7. The van der Waals surface area contributed by atoms with Gasteiger partial charge in [-0.25, -0.2) is 0 Å². The molecule has 1 aliphatic heterocycles. The molecule has 1 aromatic carbocycles. The van der Waals surface area contributed by atoms with Crippen LogP contribution in [0.2, 0.25) is 0 Å². The minimum atomic E-state index is -0.150. The molecule has 1 amide bonds. The number of hydrogen-bond acceptors (Lipinski definition) is 5. The molecule has 0 aliphatic carbocycles. The standard InChI is InChI=1S/C21H25N5OS/c1-15-9-10-17(16(2)14-15)22-19(27)18-8-7-13-26(18)21-24-23-20(28-21)25-11-5-3-4-6-12-25/h7-10,13-14H,3-6,11-12H2,1-2H3,(H,22,27). The first-order valence-corrected chi connectivity index (χ1v) is 10.6. The molecule has 3 aromatic rings. The number of aromatic nitrogens is 3. The summed E-state index contributed by atoms with van der Waals surface area (Å²) in [7, 11) is 0. The van der Waals surface area contributed by atoms with E-state index in [1.807, 2.05) is 48.9 Å². The molecular weight excluding hydrogens is 370 g/mol. The predicted molar refractivity (Wildman–Crippen MR) is 114 cm³/mol. The van der Waals surface area contributed by atoms with Crippen LogP contribution in [0.5, 0.6) is 0 Å². The van der Waals surface area contributed by atoms with Crippen molar-refractivity contribution in [3.63, 3.8) is 0 Å². The Morgan fingerprint density at radius 2 is 1.79 bits per heavy atom. The number of aryl methyl sites for hydroxylation is 2. The van der Waals surface area contributed by atoms with Gasteiger partial charge < -0.3 is 10.2 Å². The molecule has 1 N–H and O–H groups in total. The number of carbonyl (C=O) groups excluding carboxylic acids is 1. The van der Waals surface area contributed by atoms with Crippen LogP contribution in [-0.2, 0) is 0 Å². The molecule has 6 nitrogen and oxygen atoms in total. The highest BCUT2D eigenvalue weighted by molar-refractivity contribution is 7.17. The van der Waals surface area contributed by atoms with E-state index in [0.717, 1.165) is 34.6 Å². The molecule has 0 unspecified atom stereocenters.